The molecule has 3 nitrogen and oxygen atoms in total. The molecule has 0 saturated heterocycles. The number of rotatable bonds is 26. The zero-order valence-electron chi connectivity index (χ0n) is 22.4. The molecule has 4 heteroatoms. The van der Waals surface area contributed by atoms with Crippen LogP contribution in [-0.4, -0.2) is 18.1 Å². The Morgan fingerprint density at radius 3 is 1.12 bits per heavy atom. The minimum Gasteiger partial charge on any atom is -0.328 e. The predicted molar refractivity (Wildman–Crippen MR) is 143 cm³/mol. The summed E-state index contributed by atoms with van der Waals surface area (Å²) < 4.78 is 11.4. The Morgan fingerprint density at radius 2 is 0.812 bits per heavy atom. The minimum atomic E-state index is -1.72. The van der Waals surface area contributed by atoms with E-state index in [2.05, 4.69) is 27.7 Å². The number of hydrogen-bond acceptors (Lipinski definition) is 3. The Bertz CT molecular complexity index is 322. The highest BCUT2D eigenvalue weighted by atomic mass is 31.2. The van der Waals surface area contributed by atoms with E-state index in [-0.39, 0.29) is 0 Å². The largest absolute Gasteiger partial charge is 0.329 e. The second kappa shape index (κ2) is 25.9. The minimum absolute atomic E-state index is 0.551. The van der Waals surface area contributed by atoms with Gasteiger partial charge in [-0.1, -0.05) is 143 Å². The molecule has 0 aromatic carbocycles. The molecule has 0 radical (unpaired) electrons. The lowest BCUT2D eigenvalue weighted by Gasteiger charge is -2.19. The SMILES string of the molecule is CCCCCCCCCCC(CC)COP(O)OCC(CC)CCCCCCCCCC. The van der Waals surface area contributed by atoms with E-state index in [4.69, 9.17) is 9.05 Å². The summed E-state index contributed by atoms with van der Waals surface area (Å²) in [6, 6.07) is 0. The third kappa shape index (κ3) is 22.1. The van der Waals surface area contributed by atoms with E-state index in [1.54, 1.807) is 0 Å². The summed E-state index contributed by atoms with van der Waals surface area (Å²) >= 11 is 0. The van der Waals surface area contributed by atoms with Gasteiger partial charge in [0.15, 0.2) is 0 Å². The van der Waals surface area contributed by atoms with Crippen LogP contribution in [0, 0.1) is 11.8 Å². The fourth-order valence-electron chi connectivity index (χ4n) is 4.32. The van der Waals surface area contributed by atoms with Crippen molar-refractivity contribution in [3.05, 3.63) is 0 Å². The molecular formula is C28H59O3P. The Labute approximate surface area is 203 Å². The summed E-state index contributed by atoms with van der Waals surface area (Å²) in [7, 11) is -1.72. The third-order valence-electron chi connectivity index (χ3n) is 6.93. The van der Waals surface area contributed by atoms with E-state index in [1.165, 1.54) is 116 Å². The molecule has 0 amide bonds. The zero-order valence-corrected chi connectivity index (χ0v) is 23.3. The van der Waals surface area contributed by atoms with Gasteiger partial charge in [0, 0.05) is 0 Å². The van der Waals surface area contributed by atoms with Gasteiger partial charge in [-0.05, 0) is 24.7 Å². The van der Waals surface area contributed by atoms with Crippen LogP contribution in [0.3, 0.4) is 0 Å². The van der Waals surface area contributed by atoms with Crippen LogP contribution in [0.5, 0.6) is 0 Å². The standard InChI is InChI=1S/C28H59O3P/c1-5-9-11-13-15-17-19-21-23-27(7-3)25-30-32(29)31-26-28(8-4)24-22-20-18-16-14-12-10-6-2/h27-29H,5-26H2,1-4H3. The fourth-order valence-corrected chi connectivity index (χ4v) is 5.07. The maximum atomic E-state index is 10.2. The molecule has 0 fully saturated rings. The van der Waals surface area contributed by atoms with Crippen molar-refractivity contribution in [1.82, 2.24) is 0 Å². The molecule has 0 aliphatic rings. The van der Waals surface area contributed by atoms with Gasteiger partial charge in [-0.3, -0.25) is 0 Å². The lowest BCUT2D eigenvalue weighted by atomic mass is 9.98. The van der Waals surface area contributed by atoms with E-state index >= 15 is 0 Å². The molecule has 0 saturated carbocycles. The number of unbranched alkanes of at least 4 members (excludes halogenated alkanes) is 14. The van der Waals surface area contributed by atoms with Crippen LogP contribution in [0.15, 0.2) is 0 Å². The molecule has 0 spiro atoms. The van der Waals surface area contributed by atoms with E-state index in [0.29, 0.717) is 25.0 Å². The Hall–Kier alpha value is 0.310. The molecule has 0 bridgehead atoms. The first-order valence-corrected chi connectivity index (χ1v) is 15.6. The molecule has 32 heavy (non-hydrogen) atoms. The van der Waals surface area contributed by atoms with Crippen LogP contribution in [0.1, 0.15) is 156 Å². The first kappa shape index (κ1) is 32.3. The van der Waals surface area contributed by atoms with Crippen molar-refractivity contribution in [3.63, 3.8) is 0 Å². The van der Waals surface area contributed by atoms with Gasteiger partial charge in [0.1, 0.15) is 0 Å². The molecular weight excluding hydrogens is 415 g/mol. The van der Waals surface area contributed by atoms with Crippen LogP contribution in [0.25, 0.3) is 0 Å². The topological polar surface area (TPSA) is 38.7 Å². The van der Waals surface area contributed by atoms with Gasteiger partial charge in [-0.15, -0.1) is 0 Å². The third-order valence-corrected chi connectivity index (χ3v) is 7.67. The van der Waals surface area contributed by atoms with Crippen molar-refractivity contribution in [3.8, 4) is 0 Å². The Kier molecular flexibility index (Phi) is 26.2. The highest BCUT2D eigenvalue weighted by Gasteiger charge is 2.15. The molecule has 0 rings (SSSR count). The molecule has 0 aliphatic heterocycles. The van der Waals surface area contributed by atoms with E-state index < -0.39 is 8.60 Å². The van der Waals surface area contributed by atoms with E-state index in [0.717, 1.165) is 12.8 Å². The Morgan fingerprint density at radius 1 is 0.500 bits per heavy atom. The van der Waals surface area contributed by atoms with Crippen molar-refractivity contribution in [2.45, 2.75) is 156 Å². The predicted octanol–water partition coefficient (Wildman–Crippen LogP) is 10.4. The summed E-state index contributed by atoms with van der Waals surface area (Å²) in [5.41, 5.74) is 0. The van der Waals surface area contributed by atoms with Gasteiger partial charge in [0.05, 0.1) is 13.2 Å². The van der Waals surface area contributed by atoms with Crippen molar-refractivity contribution >= 4 is 8.60 Å². The molecule has 0 aromatic rings. The number of hydrogen-bond donors (Lipinski definition) is 1. The average molecular weight is 475 g/mol. The van der Waals surface area contributed by atoms with E-state index in [9.17, 15) is 4.89 Å². The monoisotopic (exact) mass is 474 g/mol. The van der Waals surface area contributed by atoms with Crippen molar-refractivity contribution in [1.29, 1.82) is 0 Å². The van der Waals surface area contributed by atoms with Gasteiger partial charge < -0.3 is 13.9 Å². The molecule has 0 aromatic heterocycles. The summed E-state index contributed by atoms with van der Waals surface area (Å²) in [5, 5.41) is 0. The van der Waals surface area contributed by atoms with Gasteiger partial charge in [0.2, 0.25) is 0 Å². The maximum Gasteiger partial charge on any atom is 0.329 e. The first-order chi connectivity index (χ1) is 15.7. The normalized spacial score (nSPS) is 14.5. The molecule has 194 valence electrons. The first-order valence-electron chi connectivity index (χ1n) is 14.4. The van der Waals surface area contributed by atoms with Crippen LogP contribution < -0.4 is 0 Å². The quantitative estimate of drug-likeness (QED) is 0.100. The van der Waals surface area contributed by atoms with Crippen molar-refractivity contribution in [2.24, 2.45) is 11.8 Å². The fraction of sp³-hybridized carbons (Fsp3) is 1.00. The Balaban J connectivity index is 3.71. The van der Waals surface area contributed by atoms with Gasteiger partial charge in [0.25, 0.3) is 0 Å². The second-order valence-corrected chi connectivity index (χ2v) is 10.9. The zero-order chi connectivity index (χ0) is 23.7. The summed E-state index contributed by atoms with van der Waals surface area (Å²) in [5.74, 6) is 1.10. The lowest BCUT2D eigenvalue weighted by molar-refractivity contribution is 0.148. The molecule has 2 atom stereocenters. The van der Waals surface area contributed by atoms with Crippen molar-refractivity contribution in [2.75, 3.05) is 13.2 Å². The van der Waals surface area contributed by atoms with Crippen LogP contribution in [0.2, 0.25) is 0 Å². The molecule has 0 aliphatic carbocycles. The van der Waals surface area contributed by atoms with Gasteiger partial charge in [-0.25, -0.2) is 0 Å². The summed E-state index contributed by atoms with van der Waals surface area (Å²) in [4.78, 5) is 10.2. The van der Waals surface area contributed by atoms with Crippen LogP contribution in [-0.2, 0) is 9.05 Å². The maximum absolute atomic E-state index is 10.2. The van der Waals surface area contributed by atoms with Gasteiger partial charge >= 0.3 is 8.60 Å². The van der Waals surface area contributed by atoms with Crippen LogP contribution >= 0.6 is 8.60 Å². The second-order valence-electron chi connectivity index (χ2n) is 9.91. The van der Waals surface area contributed by atoms with Crippen LogP contribution in [0.4, 0.5) is 0 Å². The van der Waals surface area contributed by atoms with Crippen molar-refractivity contribution < 1.29 is 13.9 Å². The summed E-state index contributed by atoms with van der Waals surface area (Å²) in [6.07, 6.45) is 26.5. The highest BCUT2D eigenvalue weighted by molar-refractivity contribution is 7.40. The smallest absolute Gasteiger partial charge is 0.328 e. The molecule has 0 heterocycles. The average Bonchev–Trinajstić information content (AvgIpc) is 2.81. The summed E-state index contributed by atoms with van der Waals surface area (Å²) in [6.45, 7) is 10.3. The van der Waals surface area contributed by atoms with E-state index in [1.807, 2.05) is 0 Å². The molecule has 1 N–H and O–H groups in total. The molecule has 2 unspecified atom stereocenters. The lowest BCUT2D eigenvalue weighted by Crippen LogP contribution is -2.10. The highest BCUT2D eigenvalue weighted by Crippen LogP contribution is 2.35. The van der Waals surface area contributed by atoms with Gasteiger partial charge in [-0.2, -0.15) is 0 Å².